The lowest BCUT2D eigenvalue weighted by molar-refractivity contribution is -0.136. The molecular formula is C21H19NO5. The molecule has 2 aromatic carbocycles. The Kier molecular flexibility index (Phi) is 5.35. The fourth-order valence-corrected chi connectivity index (χ4v) is 2.77. The van der Waals surface area contributed by atoms with E-state index in [1.54, 1.807) is 50.4 Å². The van der Waals surface area contributed by atoms with Gasteiger partial charge in [0.2, 0.25) is 5.91 Å². The van der Waals surface area contributed by atoms with Crippen LogP contribution in [-0.4, -0.2) is 31.4 Å². The lowest BCUT2D eigenvalue weighted by atomic mass is 9.99. The van der Waals surface area contributed by atoms with E-state index < -0.39 is 5.97 Å². The van der Waals surface area contributed by atoms with E-state index in [2.05, 4.69) is 5.32 Å². The second-order valence-corrected chi connectivity index (χ2v) is 6.15. The number of fused-ring (bicyclic) bond motifs is 1. The van der Waals surface area contributed by atoms with Crippen molar-refractivity contribution in [1.29, 1.82) is 0 Å². The molecule has 2 aromatic rings. The zero-order valence-corrected chi connectivity index (χ0v) is 15.0. The minimum Gasteiger partial charge on any atom is -0.497 e. The van der Waals surface area contributed by atoms with E-state index in [1.165, 1.54) is 6.08 Å². The first-order valence-corrected chi connectivity index (χ1v) is 8.45. The molecule has 1 aliphatic rings. The number of Topliss-reactive ketones (excluding diaryl/α,β-unsaturated/α-hetero) is 1. The van der Waals surface area contributed by atoms with Crippen LogP contribution in [0.5, 0.6) is 5.75 Å². The van der Waals surface area contributed by atoms with Crippen LogP contribution >= 0.6 is 0 Å². The van der Waals surface area contributed by atoms with E-state index in [-0.39, 0.29) is 24.2 Å². The highest BCUT2D eigenvalue weighted by atomic mass is 16.5. The molecule has 0 radical (unpaired) electrons. The number of rotatable bonds is 6. The molecule has 1 N–H and O–H groups in total. The molecule has 6 nitrogen and oxygen atoms in total. The van der Waals surface area contributed by atoms with Crippen LogP contribution in [0.25, 0.3) is 6.08 Å². The van der Waals surface area contributed by atoms with Crippen LogP contribution in [0, 0.1) is 0 Å². The summed E-state index contributed by atoms with van der Waals surface area (Å²) in [5.74, 6) is -0.658. The fraction of sp³-hybridized carbons (Fsp3) is 0.190. The van der Waals surface area contributed by atoms with Crippen LogP contribution in [0.1, 0.15) is 34.3 Å². The van der Waals surface area contributed by atoms with Crippen molar-refractivity contribution in [2.75, 3.05) is 19.0 Å². The molecule has 1 atom stereocenters. The van der Waals surface area contributed by atoms with E-state index in [9.17, 15) is 14.4 Å². The molecule has 138 valence electrons. The van der Waals surface area contributed by atoms with Gasteiger partial charge >= 0.3 is 5.97 Å². The van der Waals surface area contributed by atoms with E-state index in [4.69, 9.17) is 9.47 Å². The third-order valence-electron chi connectivity index (χ3n) is 4.34. The van der Waals surface area contributed by atoms with Gasteiger partial charge in [0.1, 0.15) is 5.75 Å². The average Bonchev–Trinajstić information content (AvgIpc) is 2.98. The van der Waals surface area contributed by atoms with Crippen LogP contribution in [0.2, 0.25) is 0 Å². The second-order valence-electron chi connectivity index (χ2n) is 6.15. The molecule has 1 aliphatic heterocycles. The number of ketones is 1. The Balaban J connectivity index is 1.58. The number of hydrogen-bond donors (Lipinski definition) is 1. The maximum Gasteiger partial charge on any atom is 0.331 e. The predicted octanol–water partition coefficient (Wildman–Crippen LogP) is 3.19. The number of benzene rings is 2. The van der Waals surface area contributed by atoms with Crippen molar-refractivity contribution in [2.24, 2.45) is 0 Å². The Morgan fingerprint density at radius 1 is 1.19 bits per heavy atom. The summed E-state index contributed by atoms with van der Waals surface area (Å²) in [6.07, 6.45) is 2.85. The van der Waals surface area contributed by atoms with Gasteiger partial charge < -0.3 is 14.8 Å². The summed E-state index contributed by atoms with van der Waals surface area (Å²) in [6.45, 7) is 1.41. The number of nitrogens with one attached hydrogen (secondary N) is 1. The highest BCUT2D eigenvalue weighted by Crippen LogP contribution is 2.32. The molecule has 0 saturated heterocycles. The fourth-order valence-electron chi connectivity index (χ4n) is 2.77. The molecule has 0 aromatic heterocycles. The van der Waals surface area contributed by atoms with Crippen LogP contribution in [0.3, 0.4) is 0 Å². The van der Waals surface area contributed by atoms with Crippen molar-refractivity contribution in [1.82, 2.24) is 0 Å². The highest BCUT2D eigenvalue weighted by Gasteiger charge is 2.27. The monoisotopic (exact) mass is 365 g/mol. The van der Waals surface area contributed by atoms with Gasteiger partial charge in [-0.1, -0.05) is 12.1 Å². The summed E-state index contributed by atoms with van der Waals surface area (Å²) in [5, 5.41) is 2.75. The third-order valence-corrected chi connectivity index (χ3v) is 4.34. The van der Waals surface area contributed by atoms with Crippen LogP contribution in [-0.2, 0) is 14.3 Å². The molecule has 0 fully saturated rings. The first-order valence-electron chi connectivity index (χ1n) is 8.45. The average molecular weight is 365 g/mol. The van der Waals surface area contributed by atoms with Crippen LogP contribution in [0.15, 0.2) is 48.5 Å². The van der Waals surface area contributed by atoms with E-state index in [0.29, 0.717) is 17.0 Å². The maximum absolute atomic E-state index is 12.3. The van der Waals surface area contributed by atoms with Crippen molar-refractivity contribution in [3.8, 4) is 5.75 Å². The van der Waals surface area contributed by atoms with Gasteiger partial charge in [0.05, 0.1) is 13.0 Å². The van der Waals surface area contributed by atoms with Crippen molar-refractivity contribution in [2.45, 2.75) is 12.8 Å². The second kappa shape index (κ2) is 7.86. The van der Waals surface area contributed by atoms with E-state index in [0.717, 1.165) is 11.1 Å². The number of carbonyl (C=O) groups is 3. The standard InChI is InChI=1S/C21H19NO5/c1-13-17-11-15(7-8-18(17)22-21(13)25)19(23)12-27-20(24)9-6-14-4-3-5-16(10-14)26-2/h3-11,13H,12H2,1-2H3,(H,22,25)/b9-6+/t13-/m1/s1. The summed E-state index contributed by atoms with van der Waals surface area (Å²) in [4.78, 5) is 35.8. The summed E-state index contributed by atoms with van der Waals surface area (Å²) in [6, 6.07) is 12.2. The number of hydrogen-bond acceptors (Lipinski definition) is 5. The van der Waals surface area contributed by atoms with Crippen LogP contribution in [0.4, 0.5) is 5.69 Å². The number of esters is 1. The van der Waals surface area contributed by atoms with Gasteiger partial charge in [-0.3, -0.25) is 9.59 Å². The Hall–Kier alpha value is -3.41. The van der Waals surface area contributed by atoms with Gasteiger partial charge in [-0.2, -0.15) is 0 Å². The van der Waals surface area contributed by atoms with Gasteiger partial charge in [0.25, 0.3) is 0 Å². The number of carbonyl (C=O) groups excluding carboxylic acids is 3. The van der Waals surface area contributed by atoms with Crippen molar-refractivity contribution >= 4 is 29.4 Å². The van der Waals surface area contributed by atoms with Crippen molar-refractivity contribution < 1.29 is 23.9 Å². The maximum atomic E-state index is 12.3. The van der Waals surface area contributed by atoms with Gasteiger partial charge in [0, 0.05) is 17.3 Å². The molecule has 0 aliphatic carbocycles. The normalized spacial score (nSPS) is 15.3. The Morgan fingerprint density at radius 2 is 2.00 bits per heavy atom. The summed E-state index contributed by atoms with van der Waals surface area (Å²) in [5.41, 5.74) is 2.67. The Bertz CT molecular complexity index is 932. The molecule has 0 bridgehead atoms. The van der Waals surface area contributed by atoms with Gasteiger partial charge in [-0.25, -0.2) is 4.79 Å². The van der Waals surface area contributed by atoms with Crippen molar-refractivity contribution in [3.63, 3.8) is 0 Å². The zero-order chi connectivity index (χ0) is 19.4. The molecular weight excluding hydrogens is 346 g/mol. The minimum absolute atomic E-state index is 0.0938. The number of methoxy groups -OCH3 is 1. The van der Waals surface area contributed by atoms with E-state index in [1.807, 2.05) is 12.1 Å². The smallest absolute Gasteiger partial charge is 0.331 e. The molecule has 3 rings (SSSR count). The van der Waals surface area contributed by atoms with Gasteiger partial charge in [0.15, 0.2) is 12.4 Å². The van der Waals surface area contributed by atoms with Crippen LogP contribution < -0.4 is 10.1 Å². The lowest BCUT2D eigenvalue weighted by Gasteiger charge is -2.06. The Morgan fingerprint density at radius 3 is 2.78 bits per heavy atom. The molecule has 27 heavy (non-hydrogen) atoms. The first-order chi connectivity index (χ1) is 13.0. The molecule has 1 amide bonds. The molecule has 0 spiro atoms. The summed E-state index contributed by atoms with van der Waals surface area (Å²) in [7, 11) is 1.56. The highest BCUT2D eigenvalue weighted by molar-refractivity contribution is 6.05. The minimum atomic E-state index is -0.613. The number of ether oxygens (including phenoxy) is 2. The zero-order valence-electron chi connectivity index (χ0n) is 15.0. The summed E-state index contributed by atoms with van der Waals surface area (Å²) >= 11 is 0. The summed E-state index contributed by atoms with van der Waals surface area (Å²) < 4.78 is 10.1. The van der Waals surface area contributed by atoms with Crippen molar-refractivity contribution in [3.05, 3.63) is 65.2 Å². The molecule has 6 heteroatoms. The molecule has 0 saturated carbocycles. The van der Waals surface area contributed by atoms with E-state index >= 15 is 0 Å². The lowest BCUT2D eigenvalue weighted by Crippen LogP contribution is -2.13. The predicted molar refractivity (Wildman–Crippen MR) is 101 cm³/mol. The quantitative estimate of drug-likeness (QED) is 0.483. The topological polar surface area (TPSA) is 81.7 Å². The number of amides is 1. The molecule has 1 heterocycles. The van der Waals surface area contributed by atoms with Gasteiger partial charge in [-0.05, 0) is 54.5 Å². The SMILES string of the molecule is COc1cccc(/C=C/C(=O)OCC(=O)c2ccc3c(c2)[C@@H](C)C(=O)N3)c1. The largest absolute Gasteiger partial charge is 0.497 e. The Labute approximate surface area is 156 Å². The first kappa shape index (κ1) is 18.4. The third kappa shape index (κ3) is 4.23. The number of anilines is 1. The van der Waals surface area contributed by atoms with Gasteiger partial charge in [-0.15, -0.1) is 0 Å². The molecule has 0 unspecified atom stereocenters.